The van der Waals surface area contributed by atoms with Gasteiger partial charge in [0.25, 0.3) is 0 Å². The van der Waals surface area contributed by atoms with Gasteiger partial charge in [-0.1, -0.05) is 12.1 Å². The van der Waals surface area contributed by atoms with E-state index < -0.39 is 0 Å². The molecular formula is C12H17N3O. The summed E-state index contributed by atoms with van der Waals surface area (Å²) in [6.45, 7) is 2.50. The summed E-state index contributed by atoms with van der Waals surface area (Å²) in [5.41, 5.74) is 7.38. The number of carbonyl (C=O) groups excluding carboxylic acids is 1. The third-order valence-corrected chi connectivity index (χ3v) is 2.90. The van der Waals surface area contributed by atoms with E-state index in [-0.39, 0.29) is 11.6 Å². The predicted octanol–water partition coefficient (Wildman–Crippen LogP) is 1.61. The van der Waals surface area contributed by atoms with Crippen LogP contribution in [0.5, 0.6) is 0 Å². The van der Waals surface area contributed by atoms with E-state index in [1.165, 1.54) is 0 Å². The zero-order valence-corrected chi connectivity index (χ0v) is 9.42. The van der Waals surface area contributed by atoms with Crippen molar-refractivity contribution in [3.63, 3.8) is 0 Å². The van der Waals surface area contributed by atoms with Gasteiger partial charge in [0.1, 0.15) is 0 Å². The molecule has 0 aliphatic heterocycles. The molecule has 0 radical (unpaired) electrons. The Morgan fingerprint density at radius 3 is 2.81 bits per heavy atom. The standard InChI is InChI=1S/C12H17N3O/c1-9-3-2-4-10(7-9)14-11(16)15-12(8-13)5-6-12/h2-4,7H,5-6,8,13H2,1H3,(H2,14,15,16). The zero-order valence-electron chi connectivity index (χ0n) is 9.42. The normalized spacial score (nSPS) is 16.6. The van der Waals surface area contributed by atoms with Gasteiger partial charge >= 0.3 is 6.03 Å². The zero-order chi connectivity index (χ0) is 11.6. The van der Waals surface area contributed by atoms with Gasteiger partial charge in [-0.15, -0.1) is 0 Å². The van der Waals surface area contributed by atoms with Crippen LogP contribution in [0.1, 0.15) is 18.4 Å². The van der Waals surface area contributed by atoms with Crippen molar-refractivity contribution in [3.05, 3.63) is 29.8 Å². The summed E-state index contributed by atoms with van der Waals surface area (Å²) in [4.78, 5) is 11.7. The third-order valence-electron chi connectivity index (χ3n) is 2.90. The Hall–Kier alpha value is -1.55. The van der Waals surface area contributed by atoms with Gasteiger partial charge < -0.3 is 16.4 Å². The number of anilines is 1. The average Bonchev–Trinajstić information content (AvgIpc) is 2.98. The average molecular weight is 219 g/mol. The maximum absolute atomic E-state index is 11.7. The van der Waals surface area contributed by atoms with Crippen molar-refractivity contribution in [2.75, 3.05) is 11.9 Å². The number of rotatable bonds is 3. The van der Waals surface area contributed by atoms with Crippen molar-refractivity contribution in [2.45, 2.75) is 25.3 Å². The summed E-state index contributed by atoms with van der Waals surface area (Å²) in [7, 11) is 0. The van der Waals surface area contributed by atoms with E-state index in [1.54, 1.807) is 0 Å². The van der Waals surface area contributed by atoms with Crippen molar-refractivity contribution in [1.29, 1.82) is 0 Å². The highest BCUT2D eigenvalue weighted by Crippen LogP contribution is 2.33. The summed E-state index contributed by atoms with van der Waals surface area (Å²) in [6, 6.07) is 7.54. The van der Waals surface area contributed by atoms with Crippen LogP contribution in [0.15, 0.2) is 24.3 Å². The minimum absolute atomic E-state index is 0.145. The number of carbonyl (C=O) groups is 1. The number of hydrogen-bond donors (Lipinski definition) is 3. The number of benzene rings is 1. The molecule has 4 heteroatoms. The number of aryl methyl sites for hydroxylation is 1. The predicted molar refractivity (Wildman–Crippen MR) is 64.4 cm³/mol. The Morgan fingerprint density at radius 1 is 1.50 bits per heavy atom. The smallest absolute Gasteiger partial charge is 0.319 e. The topological polar surface area (TPSA) is 67.2 Å². The molecule has 0 bridgehead atoms. The molecule has 4 nitrogen and oxygen atoms in total. The van der Waals surface area contributed by atoms with E-state index in [1.807, 2.05) is 31.2 Å². The van der Waals surface area contributed by atoms with Crippen LogP contribution in [0.2, 0.25) is 0 Å². The van der Waals surface area contributed by atoms with Gasteiger partial charge in [-0.25, -0.2) is 4.79 Å². The minimum Gasteiger partial charge on any atom is -0.331 e. The van der Waals surface area contributed by atoms with Gasteiger partial charge in [0.05, 0.1) is 5.54 Å². The van der Waals surface area contributed by atoms with Crippen molar-refractivity contribution in [3.8, 4) is 0 Å². The van der Waals surface area contributed by atoms with E-state index in [0.717, 1.165) is 24.1 Å². The van der Waals surface area contributed by atoms with E-state index in [2.05, 4.69) is 10.6 Å². The van der Waals surface area contributed by atoms with E-state index >= 15 is 0 Å². The molecule has 0 aromatic heterocycles. The molecule has 0 saturated heterocycles. The molecule has 0 spiro atoms. The van der Waals surface area contributed by atoms with Gasteiger partial charge in [0, 0.05) is 12.2 Å². The summed E-state index contributed by atoms with van der Waals surface area (Å²) in [5.74, 6) is 0. The fraction of sp³-hybridized carbons (Fsp3) is 0.417. The Morgan fingerprint density at radius 2 is 2.25 bits per heavy atom. The van der Waals surface area contributed by atoms with E-state index in [4.69, 9.17) is 5.73 Å². The quantitative estimate of drug-likeness (QED) is 0.723. The van der Waals surface area contributed by atoms with E-state index in [0.29, 0.717) is 6.54 Å². The lowest BCUT2D eigenvalue weighted by Gasteiger charge is -2.15. The second-order valence-electron chi connectivity index (χ2n) is 4.43. The highest BCUT2D eigenvalue weighted by molar-refractivity contribution is 5.90. The molecule has 4 N–H and O–H groups in total. The molecule has 2 amide bonds. The SMILES string of the molecule is Cc1cccc(NC(=O)NC2(CN)CC2)c1. The van der Waals surface area contributed by atoms with Crippen LogP contribution in [-0.4, -0.2) is 18.1 Å². The highest BCUT2D eigenvalue weighted by Gasteiger charge is 2.42. The monoisotopic (exact) mass is 219 g/mol. The molecule has 0 heterocycles. The van der Waals surface area contributed by atoms with E-state index in [9.17, 15) is 4.79 Å². The van der Waals surface area contributed by atoms with Gasteiger partial charge in [0.2, 0.25) is 0 Å². The van der Waals surface area contributed by atoms with Crippen LogP contribution in [0.4, 0.5) is 10.5 Å². The van der Waals surface area contributed by atoms with Crippen molar-refractivity contribution in [1.82, 2.24) is 5.32 Å². The molecular weight excluding hydrogens is 202 g/mol. The maximum Gasteiger partial charge on any atom is 0.319 e. The number of nitrogens with one attached hydrogen (secondary N) is 2. The second kappa shape index (κ2) is 4.14. The third kappa shape index (κ3) is 2.52. The Balaban J connectivity index is 1.92. The molecule has 1 fully saturated rings. The molecule has 1 aliphatic carbocycles. The number of amides is 2. The molecule has 0 atom stereocenters. The summed E-state index contributed by atoms with van der Waals surface area (Å²) in [6.07, 6.45) is 1.95. The van der Waals surface area contributed by atoms with Crippen LogP contribution in [0.3, 0.4) is 0 Å². The van der Waals surface area contributed by atoms with Crippen molar-refractivity contribution < 1.29 is 4.79 Å². The van der Waals surface area contributed by atoms with Crippen molar-refractivity contribution >= 4 is 11.7 Å². The Kier molecular flexibility index (Phi) is 2.83. The Labute approximate surface area is 95.2 Å². The summed E-state index contributed by atoms with van der Waals surface area (Å²) < 4.78 is 0. The van der Waals surface area contributed by atoms with Crippen LogP contribution < -0.4 is 16.4 Å². The van der Waals surface area contributed by atoms with Crippen LogP contribution in [0, 0.1) is 6.92 Å². The lowest BCUT2D eigenvalue weighted by atomic mass is 10.2. The molecule has 1 saturated carbocycles. The lowest BCUT2D eigenvalue weighted by molar-refractivity contribution is 0.247. The summed E-state index contributed by atoms with van der Waals surface area (Å²) in [5, 5.41) is 5.72. The van der Waals surface area contributed by atoms with Crippen LogP contribution in [-0.2, 0) is 0 Å². The number of hydrogen-bond acceptors (Lipinski definition) is 2. The Bertz CT molecular complexity index is 399. The molecule has 0 unspecified atom stereocenters. The maximum atomic E-state index is 11.7. The number of urea groups is 1. The molecule has 2 rings (SSSR count). The van der Waals surface area contributed by atoms with Gasteiger partial charge in [0.15, 0.2) is 0 Å². The fourth-order valence-corrected chi connectivity index (χ4v) is 1.66. The molecule has 1 aromatic rings. The molecule has 1 aromatic carbocycles. The number of nitrogens with two attached hydrogens (primary N) is 1. The van der Waals surface area contributed by atoms with Gasteiger partial charge in [-0.2, -0.15) is 0 Å². The second-order valence-corrected chi connectivity index (χ2v) is 4.43. The fourth-order valence-electron chi connectivity index (χ4n) is 1.66. The molecule has 16 heavy (non-hydrogen) atoms. The van der Waals surface area contributed by atoms with Crippen molar-refractivity contribution in [2.24, 2.45) is 5.73 Å². The van der Waals surface area contributed by atoms with Gasteiger partial charge in [-0.3, -0.25) is 0 Å². The van der Waals surface area contributed by atoms with Crippen LogP contribution >= 0.6 is 0 Å². The first-order valence-electron chi connectivity index (χ1n) is 5.49. The first-order valence-corrected chi connectivity index (χ1v) is 5.49. The first kappa shape index (κ1) is 11.0. The van der Waals surface area contributed by atoms with Crippen LogP contribution in [0.25, 0.3) is 0 Å². The molecule has 86 valence electrons. The highest BCUT2D eigenvalue weighted by atomic mass is 16.2. The summed E-state index contributed by atoms with van der Waals surface area (Å²) >= 11 is 0. The largest absolute Gasteiger partial charge is 0.331 e. The minimum atomic E-state index is -0.173. The first-order chi connectivity index (χ1) is 7.63. The van der Waals surface area contributed by atoms with Gasteiger partial charge in [-0.05, 0) is 37.5 Å². The lowest BCUT2D eigenvalue weighted by Crippen LogP contribution is -2.44. The molecule has 1 aliphatic rings.